The largest absolute Gasteiger partial charge is 0.489 e. The molecule has 0 saturated carbocycles. The Balaban J connectivity index is 1.52. The molecule has 0 unspecified atom stereocenters. The van der Waals surface area contributed by atoms with Gasteiger partial charge in [0.05, 0.1) is 0 Å². The Morgan fingerprint density at radius 3 is 2.52 bits per heavy atom. The molecule has 0 aliphatic rings. The predicted octanol–water partition coefficient (Wildman–Crippen LogP) is 6.85. The SMILES string of the molecule is CC(C)c1ccc2oc(-c3ccc(OCc4ccccc4Cl)cc3)nc2c1. The second kappa shape index (κ2) is 7.45. The summed E-state index contributed by atoms with van der Waals surface area (Å²) in [6, 6.07) is 21.6. The number of halogens is 1. The summed E-state index contributed by atoms with van der Waals surface area (Å²) in [6.45, 7) is 4.77. The Labute approximate surface area is 163 Å². The highest BCUT2D eigenvalue weighted by atomic mass is 35.5. The molecule has 0 amide bonds. The Kier molecular flexibility index (Phi) is 4.87. The van der Waals surface area contributed by atoms with Crippen LogP contribution in [0.15, 0.2) is 71.1 Å². The third-order valence-electron chi connectivity index (χ3n) is 4.53. The molecule has 4 rings (SSSR count). The predicted molar refractivity (Wildman–Crippen MR) is 109 cm³/mol. The highest BCUT2D eigenvalue weighted by Gasteiger charge is 2.10. The maximum absolute atomic E-state index is 6.16. The van der Waals surface area contributed by atoms with E-state index in [0.717, 1.165) is 28.0 Å². The first-order valence-corrected chi connectivity index (χ1v) is 9.35. The van der Waals surface area contributed by atoms with Crippen LogP contribution in [0.3, 0.4) is 0 Å². The Morgan fingerprint density at radius 1 is 1.00 bits per heavy atom. The van der Waals surface area contributed by atoms with Gasteiger partial charge in [0.1, 0.15) is 17.9 Å². The number of rotatable bonds is 5. The standard InChI is InChI=1S/C23H20ClNO2/c1-15(2)17-9-12-22-21(13-17)25-23(27-22)16-7-10-19(11-8-16)26-14-18-5-3-4-6-20(18)24/h3-13,15H,14H2,1-2H3. The van der Waals surface area contributed by atoms with Gasteiger partial charge in [-0.15, -0.1) is 0 Å². The number of aromatic nitrogens is 1. The Morgan fingerprint density at radius 2 is 1.78 bits per heavy atom. The zero-order valence-electron chi connectivity index (χ0n) is 15.3. The minimum absolute atomic E-state index is 0.430. The van der Waals surface area contributed by atoms with Crippen molar-refractivity contribution < 1.29 is 9.15 Å². The fraction of sp³-hybridized carbons (Fsp3) is 0.174. The van der Waals surface area contributed by atoms with Crippen molar-refractivity contribution in [3.05, 3.63) is 82.9 Å². The molecule has 1 aromatic heterocycles. The highest BCUT2D eigenvalue weighted by Crippen LogP contribution is 2.28. The van der Waals surface area contributed by atoms with Crippen molar-refractivity contribution in [3.8, 4) is 17.2 Å². The lowest BCUT2D eigenvalue weighted by Crippen LogP contribution is -1.95. The summed E-state index contributed by atoms with van der Waals surface area (Å²) >= 11 is 6.16. The lowest BCUT2D eigenvalue weighted by Gasteiger charge is -2.07. The second-order valence-corrected chi connectivity index (χ2v) is 7.21. The van der Waals surface area contributed by atoms with Gasteiger partial charge in [0, 0.05) is 16.1 Å². The second-order valence-electron chi connectivity index (χ2n) is 6.81. The van der Waals surface area contributed by atoms with Crippen molar-refractivity contribution in [1.29, 1.82) is 0 Å². The first kappa shape index (κ1) is 17.6. The zero-order valence-corrected chi connectivity index (χ0v) is 16.0. The lowest BCUT2D eigenvalue weighted by molar-refractivity contribution is 0.306. The third kappa shape index (κ3) is 3.83. The highest BCUT2D eigenvalue weighted by molar-refractivity contribution is 6.31. The molecule has 3 nitrogen and oxygen atoms in total. The van der Waals surface area contributed by atoms with E-state index in [1.54, 1.807) is 0 Å². The average molecular weight is 378 g/mol. The minimum atomic E-state index is 0.430. The number of benzene rings is 3. The quantitative estimate of drug-likeness (QED) is 0.381. The molecule has 4 heteroatoms. The van der Waals surface area contributed by atoms with Gasteiger partial charge in [-0.05, 0) is 53.9 Å². The van der Waals surface area contributed by atoms with Gasteiger partial charge in [0.15, 0.2) is 5.58 Å². The first-order chi connectivity index (χ1) is 13.1. The van der Waals surface area contributed by atoms with Gasteiger partial charge in [-0.3, -0.25) is 0 Å². The van der Waals surface area contributed by atoms with E-state index in [-0.39, 0.29) is 0 Å². The van der Waals surface area contributed by atoms with Gasteiger partial charge in [-0.1, -0.05) is 49.7 Å². The van der Waals surface area contributed by atoms with Gasteiger partial charge < -0.3 is 9.15 Å². The molecule has 4 aromatic rings. The maximum Gasteiger partial charge on any atom is 0.227 e. The fourth-order valence-corrected chi connectivity index (χ4v) is 3.09. The van der Waals surface area contributed by atoms with Gasteiger partial charge in [0.25, 0.3) is 0 Å². The normalized spacial score (nSPS) is 11.3. The van der Waals surface area contributed by atoms with Crippen LogP contribution in [0.2, 0.25) is 5.02 Å². The van der Waals surface area contributed by atoms with Crippen LogP contribution in [0.4, 0.5) is 0 Å². The number of hydrogen-bond donors (Lipinski definition) is 0. The Bertz CT molecular complexity index is 1070. The van der Waals surface area contributed by atoms with Gasteiger partial charge in [-0.2, -0.15) is 0 Å². The third-order valence-corrected chi connectivity index (χ3v) is 4.90. The first-order valence-electron chi connectivity index (χ1n) is 8.97. The summed E-state index contributed by atoms with van der Waals surface area (Å²) in [4.78, 5) is 4.64. The van der Waals surface area contributed by atoms with Crippen molar-refractivity contribution in [1.82, 2.24) is 4.98 Å². The smallest absolute Gasteiger partial charge is 0.227 e. The molecule has 0 fully saturated rings. The van der Waals surface area contributed by atoms with Crippen molar-refractivity contribution >= 4 is 22.7 Å². The number of nitrogens with zero attached hydrogens (tertiary/aromatic N) is 1. The molecule has 1 heterocycles. The van der Waals surface area contributed by atoms with E-state index in [0.29, 0.717) is 23.4 Å². The molecule has 0 atom stereocenters. The van der Waals surface area contributed by atoms with Gasteiger partial charge in [-0.25, -0.2) is 4.98 Å². The summed E-state index contributed by atoms with van der Waals surface area (Å²) < 4.78 is 11.7. The molecule has 0 aliphatic heterocycles. The summed E-state index contributed by atoms with van der Waals surface area (Å²) in [5.41, 5.74) is 4.82. The maximum atomic E-state index is 6.16. The van der Waals surface area contributed by atoms with E-state index in [4.69, 9.17) is 20.8 Å². The van der Waals surface area contributed by atoms with E-state index in [1.165, 1.54) is 5.56 Å². The molecule has 0 spiro atoms. The van der Waals surface area contributed by atoms with E-state index < -0.39 is 0 Å². The van der Waals surface area contributed by atoms with E-state index in [1.807, 2.05) is 54.6 Å². The summed E-state index contributed by atoms with van der Waals surface area (Å²) in [6.07, 6.45) is 0. The summed E-state index contributed by atoms with van der Waals surface area (Å²) in [5, 5.41) is 0.710. The molecule has 136 valence electrons. The molecule has 27 heavy (non-hydrogen) atoms. The number of ether oxygens (including phenoxy) is 1. The molecule has 0 bridgehead atoms. The van der Waals surface area contributed by atoms with Gasteiger partial charge in [0.2, 0.25) is 5.89 Å². The zero-order chi connectivity index (χ0) is 18.8. The van der Waals surface area contributed by atoms with Crippen LogP contribution in [-0.2, 0) is 6.61 Å². The van der Waals surface area contributed by atoms with Crippen molar-refractivity contribution in [3.63, 3.8) is 0 Å². The van der Waals surface area contributed by atoms with Crippen molar-refractivity contribution in [2.24, 2.45) is 0 Å². The molecule has 3 aromatic carbocycles. The number of fused-ring (bicyclic) bond motifs is 1. The average Bonchev–Trinajstić information content (AvgIpc) is 3.11. The number of hydrogen-bond acceptors (Lipinski definition) is 3. The molecular weight excluding hydrogens is 358 g/mol. The van der Waals surface area contributed by atoms with Crippen molar-refractivity contribution in [2.75, 3.05) is 0 Å². The topological polar surface area (TPSA) is 35.3 Å². The molecule has 0 aliphatic carbocycles. The monoisotopic (exact) mass is 377 g/mol. The molecule has 0 saturated heterocycles. The van der Waals surface area contributed by atoms with Crippen LogP contribution in [0.25, 0.3) is 22.6 Å². The van der Waals surface area contributed by atoms with Crippen LogP contribution in [-0.4, -0.2) is 4.98 Å². The van der Waals surface area contributed by atoms with Crippen LogP contribution in [0, 0.1) is 0 Å². The molecular formula is C23H20ClNO2. The summed E-state index contributed by atoms with van der Waals surface area (Å²) in [5.74, 6) is 1.85. The van der Waals surface area contributed by atoms with Crippen LogP contribution < -0.4 is 4.74 Å². The van der Waals surface area contributed by atoms with E-state index in [2.05, 4.69) is 31.0 Å². The van der Waals surface area contributed by atoms with E-state index >= 15 is 0 Å². The van der Waals surface area contributed by atoms with Crippen LogP contribution in [0.5, 0.6) is 5.75 Å². The molecule has 0 radical (unpaired) electrons. The van der Waals surface area contributed by atoms with Crippen LogP contribution in [0.1, 0.15) is 30.9 Å². The summed E-state index contributed by atoms with van der Waals surface area (Å²) in [7, 11) is 0. The van der Waals surface area contributed by atoms with Crippen molar-refractivity contribution in [2.45, 2.75) is 26.4 Å². The van der Waals surface area contributed by atoms with Crippen LogP contribution >= 0.6 is 11.6 Å². The van der Waals surface area contributed by atoms with E-state index in [9.17, 15) is 0 Å². The van der Waals surface area contributed by atoms with Gasteiger partial charge >= 0.3 is 0 Å². The Hall–Kier alpha value is -2.78. The minimum Gasteiger partial charge on any atom is -0.489 e. The molecule has 0 N–H and O–H groups in total. The fourth-order valence-electron chi connectivity index (χ4n) is 2.90. The lowest BCUT2D eigenvalue weighted by atomic mass is 10.0. The number of oxazole rings is 1.